The average molecular weight is 605 g/mol. The SMILES string of the molecule is CN(C)CCOC(=O)c1ccc(-c2cnc3[nH]c4ccc(N(C)S(=O)(=O)c5ccccc5)cc4c3c2-c2ccccc2)cc1. The molecule has 44 heavy (non-hydrogen) atoms. The number of hydrogen-bond acceptors (Lipinski definition) is 6. The minimum absolute atomic E-state index is 0.223. The number of hydrogen-bond donors (Lipinski definition) is 1. The highest BCUT2D eigenvalue weighted by molar-refractivity contribution is 7.92. The Bertz CT molecular complexity index is 2060. The van der Waals surface area contributed by atoms with Crippen molar-refractivity contribution in [2.75, 3.05) is 38.6 Å². The molecule has 9 heteroatoms. The number of likely N-dealkylation sites (N-methyl/N-ethyl adjacent to an activating group) is 1. The molecule has 6 aromatic rings. The van der Waals surface area contributed by atoms with Crippen molar-refractivity contribution in [3.63, 3.8) is 0 Å². The zero-order chi connectivity index (χ0) is 30.8. The van der Waals surface area contributed by atoms with E-state index >= 15 is 0 Å². The fourth-order valence-electron chi connectivity index (χ4n) is 5.24. The summed E-state index contributed by atoms with van der Waals surface area (Å²) in [5.41, 5.74) is 6.24. The lowest BCUT2D eigenvalue weighted by Crippen LogP contribution is -2.26. The summed E-state index contributed by atoms with van der Waals surface area (Å²) < 4.78 is 33.6. The van der Waals surface area contributed by atoms with E-state index in [0.29, 0.717) is 30.0 Å². The van der Waals surface area contributed by atoms with E-state index < -0.39 is 10.0 Å². The van der Waals surface area contributed by atoms with E-state index in [1.54, 1.807) is 55.6 Å². The molecule has 2 aromatic heterocycles. The van der Waals surface area contributed by atoms with Gasteiger partial charge in [0.2, 0.25) is 0 Å². The normalized spacial score (nSPS) is 11.7. The minimum Gasteiger partial charge on any atom is -0.461 e. The van der Waals surface area contributed by atoms with E-state index in [9.17, 15) is 13.2 Å². The average Bonchev–Trinajstić information content (AvgIpc) is 3.42. The van der Waals surface area contributed by atoms with E-state index in [2.05, 4.69) is 4.98 Å². The van der Waals surface area contributed by atoms with E-state index in [1.807, 2.05) is 79.8 Å². The molecule has 1 N–H and O–H groups in total. The van der Waals surface area contributed by atoms with Crippen LogP contribution in [0.1, 0.15) is 10.4 Å². The van der Waals surface area contributed by atoms with Crippen molar-refractivity contribution in [1.29, 1.82) is 0 Å². The van der Waals surface area contributed by atoms with Gasteiger partial charge in [-0.1, -0.05) is 60.7 Å². The van der Waals surface area contributed by atoms with Crippen molar-refractivity contribution in [1.82, 2.24) is 14.9 Å². The number of nitrogens with one attached hydrogen (secondary N) is 1. The van der Waals surface area contributed by atoms with Crippen LogP contribution in [0, 0.1) is 0 Å². The van der Waals surface area contributed by atoms with Crippen molar-refractivity contribution in [2.24, 2.45) is 0 Å². The molecule has 8 nitrogen and oxygen atoms in total. The summed E-state index contributed by atoms with van der Waals surface area (Å²) in [7, 11) is 1.65. The Morgan fingerprint density at radius 2 is 1.52 bits per heavy atom. The lowest BCUT2D eigenvalue weighted by Gasteiger charge is -2.20. The van der Waals surface area contributed by atoms with Crippen LogP contribution in [-0.2, 0) is 14.8 Å². The second kappa shape index (κ2) is 11.9. The number of H-pyrrole nitrogens is 1. The predicted molar refractivity (Wildman–Crippen MR) is 175 cm³/mol. The van der Waals surface area contributed by atoms with Crippen LogP contribution in [0.15, 0.2) is 114 Å². The molecule has 0 aliphatic carbocycles. The molecular weight excluding hydrogens is 572 g/mol. The highest BCUT2D eigenvalue weighted by Crippen LogP contribution is 2.41. The van der Waals surface area contributed by atoms with Crippen LogP contribution >= 0.6 is 0 Å². The highest BCUT2D eigenvalue weighted by Gasteiger charge is 2.23. The van der Waals surface area contributed by atoms with Crippen LogP contribution in [0.25, 0.3) is 44.2 Å². The van der Waals surface area contributed by atoms with Gasteiger partial charge in [-0.25, -0.2) is 18.2 Å². The van der Waals surface area contributed by atoms with E-state index in [-0.39, 0.29) is 10.9 Å². The van der Waals surface area contributed by atoms with Crippen molar-refractivity contribution >= 4 is 43.6 Å². The Morgan fingerprint density at radius 3 is 2.20 bits per heavy atom. The minimum atomic E-state index is -3.76. The van der Waals surface area contributed by atoms with Gasteiger partial charge in [-0.2, -0.15) is 0 Å². The number of aromatic amines is 1. The number of carbonyl (C=O) groups excluding carboxylic acids is 1. The van der Waals surface area contributed by atoms with Crippen molar-refractivity contribution in [2.45, 2.75) is 4.90 Å². The zero-order valence-electron chi connectivity index (χ0n) is 24.7. The van der Waals surface area contributed by atoms with Gasteiger partial charge in [0, 0.05) is 47.2 Å². The number of rotatable bonds is 9. The second-order valence-electron chi connectivity index (χ2n) is 10.8. The number of aromatic nitrogens is 2. The fourth-order valence-corrected chi connectivity index (χ4v) is 6.45. The number of nitrogens with zero attached hydrogens (tertiary/aromatic N) is 3. The molecule has 0 unspecified atom stereocenters. The number of ether oxygens (including phenoxy) is 1. The summed E-state index contributed by atoms with van der Waals surface area (Å²) in [5, 5.41) is 1.73. The maximum atomic E-state index is 13.4. The van der Waals surface area contributed by atoms with Crippen molar-refractivity contribution in [3.05, 3.63) is 115 Å². The molecule has 0 amide bonds. The van der Waals surface area contributed by atoms with Gasteiger partial charge in [0.15, 0.2) is 0 Å². The van der Waals surface area contributed by atoms with Gasteiger partial charge >= 0.3 is 5.97 Å². The number of benzene rings is 4. The Hall–Kier alpha value is -4.99. The molecule has 0 aliphatic rings. The molecule has 0 spiro atoms. The monoisotopic (exact) mass is 604 g/mol. The number of fused-ring (bicyclic) bond motifs is 3. The van der Waals surface area contributed by atoms with E-state index in [1.165, 1.54) is 4.31 Å². The van der Waals surface area contributed by atoms with Gasteiger partial charge in [-0.15, -0.1) is 0 Å². The number of pyridine rings is 1. The highest BCUT2D eigenvalue weighted by atomic mass is 32.2. The molecular formula is C35H32N4O4S. The topological polar surface area (TPSA) is 95.6 Å². The number of sulfonamides is 1. The van der Waals surface area contributed by atoms with Gasteiger partial charge in [-0.05, 0) is 67.7 Å². The Labute approximate surface area is 256 Å². The molecule has 0 fully saturated rings. The third kappa shape index (κ3) is 5.55. The first-order valence-electron chi connectivity index (χ1n) is 14.2. The maximum absolute atomic E-state index is 13.4. The van der Waals surface area contributed by atoms with Crippen LogP contribution in [0.5, 0.6) is 0 Å². The molecule has 6 rings (SSSR count). The Morgan fingerprint density at radius 1 is 0.841 bits per heavy atom. The first kappa shape index (κ1) is 29.1. The Kier molecular flexibility index (Phi) is 7.90. The molecule has 0 atom stereocenters. The summed E-state index contributed by atoms with van der Waals surface area (Å²) in [6.45, 7) is 0.965. The summed E-state index contributed by atoms with van der Waals surface area (Å²) in [5.74, 6) is -0.367. The van der Waals surface area contributed by atoms with Gasteiger partial charge < -0.3 is 14.6 Å². The van der Waals surface area contributed by atoms with Crippen LogP contribution in [0.2, 0.25) is 0 Å². The molecule has 0 saturated carbocycles. The Balaban J connectivity index is 1.47. The number of esters is 1. The molecule has 4 aromatic carbocycles. The first-order valence-corrected chi connectivity index (χ1v) is 15.6. The maximum Gasteiger partial charge on any atom is 0.338 e. The molecule has 0 bridgehead atoms. The van der Waals surface area contributed by atoms with Crippen LogP contribution in [0.3, 0.4) is 0 Å². The summed E-state index contributed by atoms with van der Waals surface area (Å²) >= 11 is 0. The van der Waals surface area contributed by atoms with Gasteiger partial charge in [-0.3, -0.25) is 4.31 Å². The standard InChI is InChI=1S/C35H32N4O4S/c1-38(2)20-21-43-35(40)26-16-14-24(15-17-26)30-23-36-34-33(32(30)25-10-6-4-7-11-25)29-22-27(18-19-31(29)37-34)39(3)44(41,42)28-12-8-5-9-13-28/h4-19,22-23H,20-21H2,1-3H3,(H,36,37). The summed E-state index contributed by atoms with van der Waals surface area (Å²) in [6.07, 6.45) is 1.83. The molecule has 222 valence electrons. The largest absolute Gasteiger partial charge is 0.461 e. The van der Waals surface area contributed by atoms with Crippen LogP contribution in [0.4, 0.5) is 5.69 Å². The number of anilines is 1. The first-order chi connectivity index (χ1) is 21.2. The van der Waals surface area contributed by atoms with Gasteiger partial charge in [0.25, 0.3) is 10.0 Å². The van der Waals surface area contributed by atoms with Crippen molar-refractivity contribution < 1.29 is 17.9 Å². The molecule has 0 aliphatic heterocycles. The number of carbonyl (C=O) groups is 1. The third-order valence-corrected chi connectivity index (χ3v) is 9.44. The zero-order valence-corrected chi connectivity index (χ0v) is 25.5. The quantitative estimate of drug-likeness (QED) is 0.187. The van der Waals surface area contributed by atoms with E-state index in [0.717, 1.165) is 38.5 Å². The van der Waals surface area contributed by atoms with E-state index in [4.69, 9.17) is 9.72 Å². The molecule has 2 heterocycles. The molecule has 0 saturated heterocycles. The lowest BCUT2D eigenvalue weighted by atomic mass is 9.92. The van der Waals surface area contributed by atoms with Crippen LogP contribution in [-0.4, -0.2) is 63.5 Å². The van der Waals surface area contributed by atoms with Crippen molar-refractivity contribution in [3.8, 4) is 22.3 Å². The van der Waals surface area contributed by atoms with Gasteiger partial charge in [0.05, 0.1) is 16.1 Å². The fraction of sp³-hybridized carbons (Fsp3) is 0.143. The van der Waals surface area contributed by atoms with Crippen LogP contribution < -0.4 is 4.31 Å². The second-order valence-corrected chi connectivity index (χ2v) is 12.8. The smallest absolute Gasteiger partial charge is 0.338 e. The lowest BCUT2D eigenvalue weighted by molar-refractivity contribution is 0.0482. The molecule has 0 radical (unpaired) electrons. The van der Waals surface area contributed by atoms with Gasteiger partial charge in [0.1, 0.15) is 12.3 Å². The third-order valence-electron chi connectivity index (χ3n) is 7.64. The summed E-state index contributed by atoms with van der Waals surface area (Å²) in [6, 6.07) is 31.3. The predicted octanol–water partition coefficient (Wildman–Crippen LogP) is 6.59. The summed E-state index contributed by atoms with van der Waals surface area (Å²) in [4.78, 5) is 23.0.